The highest BCUT2D eigenvalue weighted by Crippen LogP contribution is 2.22. The minimum Gasteiger partial charge on any atom is -0.497 e. The number of ether oxygens (including phenoxy) is 1. The maximum Gasteiger partial charge on any atom is 0.251 e. The van der Waals surface area contributed by atoms with Crippen molar-refractivity contribution >= 4 is 17.7 Å². The van der Waals surface area contributed by atoms with E-state index in [4.69, 9.17) is 4.74 Å². The van der Waals surface area contributed by atoms with Gasteiger partial charge in [-0.2, -0.15) is 0 Å². The number of methoxy groups -OCH3 is 1. The van der Waals surface area contributed by atoms with Gasteiger partial charge < -0.3 is 15.0 Å². The zero-order valence-electron chi connectivity index (χ0n) is 15.5. The maximum atomic E-state index is 12.6. The molecule has 2 aromatic carbocycles. The Balaban J connectivity index is 2.11. The summed E-state index contributed by atoms with van der Waals surface area (Å²) in [5.74, 6) is 0.795. The lowest BCUT2D eigenvalue weighted by atomic mass is 10.0. The van der Waals surface area contributed by atoms with E-state index in [1.165, 1.54) is 0 Å². The van der Waals surface area contributed by atoms with Crippen LogP contribution >= 0.6 is 11.8 Å². The summed E-state index contributed by atoms with van der Waals surface area (Å²) >= 11 is 1.64. The summed E-state index contributed by atoms with van der Waals surface area (Å²) in [6, 6.07) is 14.0. The Hall–Kier alpha value is -1.98. The van der Waals surface area contributed by atoms with Crippen molar-refractivity contribution in [1.29, 1.82) is 0 Å². The molecule has 5 heteroatoms. The van der Waals surface area contributed by atoms with Gasteiger partial charge in [0.1, 0.15) is 5.75 Å². The number of thioether (sulfide) groups is 1. The molecular weight excluding hydrogens is 332 g/mol. The quantitative estimate of drug-likeness (QED) is 0.765. The van der Waals surface area contributed by atoms with Crippen LogP contribution in [0.4, 0.5) is 0 Å². The van der Waals surface area contributed by atoms with Crippen LogP contribution in [0.25, 0.3) is 0 Å². The molecule has 0 saturated heterocycles. The Morgan fingerprint density at radius 1 is 1.20 bits per heavy atom. The summed E-state index contributed by atoms with van der Waals surface area (Å²) in [6.07, 6.45) is 2.01. The second kappa shape index (κ2) is 8.92. The molecule has 1 N–H and O–H groups in total. The number of aryl methyl sites for hydroxylation is 1. The first kappa shape index (κ1) is 19.3. The summed E-state index contributed by atoms with van der Waals surface area (Å²) in [4.78, 5) is 15.8. The fourth-order valence-electron chi connectivity index (χ4n) is 2.68. The van der Waals surface area contributed by atoms with Crippen molar-refractivity contribution in [2.75, 3.05) is 34.0 Å². The molecule has 0 heterocycles. The van der Waals surface area contributed by atoms with E-state index in [0.717, 1.165) is 27.3 Å². The van der Waals surface area contributed by atoms with Gasteiger partial charge in [-0.15, -0.1) is 11.8 Å². The third kappa shape index (κ3) is 5.00. The molecule has 0 radical (unpaired) electrons. The second-order valence-corrected chi connectivity index (χ2v) is 7.02. The highest BCUT2D eigenvalue weighted by Gasteiger charge is 2.17. The molecule has 1 atom stereocenters. The van der Waals surface area contributed by atoms with Crippen molar-refractivity contribution in [3.8, 4) is 5.75 Å². The largest absolute Gasteiger partial charge is 0.497 e. The van der Waals surface area contributed by atoms with Crippen molar-refractivity contribution in [2.45, 2.75) is 17.9 Å². The Morgan fingerprint density at radius 2 is 1.88 bits per heavy atom. The summed E-state index contributed by atoms with van der Waals surface area (Å²) < 4.78 is 5.22. The van der Waals surface area contributed by atoms with Crippen LogP contribution in [-0.2, 0) is 0 Å². The van der Waals surface area contributed by atoms with E-state index in [1.54, 1.807) is 18.9 Å². The monoisotopic (exact) mass is 358 g/mol. The number of carbonyl (C=O) groups excluding carboxylic acids is 1. The van der Waals surface area contributed by atoms with E-state index < -0.39 is 0 Å². The average Bonchev–Trinajstić information content (AvgIpc) is 2.62. The molecule has 0 saturated carbocycles. The number of nitrogens with zero attached hydrogens (tertiary/aromatic N) is 1. The number of hydrogen-bond donors (Lipinski definition) is 1. The number of hydrogen-bond acceptors (Lipinski definition) is 4. The molecule has 0 bridgehead atoms. The molecule has 0 spiro atoms. The molecule has 0 aliphatic carbocycles. The lowest BCUT2D eigenvalue weighted by molar-refractivity contribution is 0.0941. The van der Waals surface area contributed by atoms with Crippen molar-refractivity contribution < 1.29 is 9.53 Å². The SMILES string of the molecule is COc1ccc(C(CNC(=O)c2cc(SC)ccc2C)N(C)C)cc1. The van der Waals surface area contributed by atoms with Gasteiger partial charge in [-0.05, 0) is 62.7 Å². The first-order valence-corrected chi connectivity index (χ1v) is 9.42. The van der Waals surface area contributed by atoms with Crippen LogP contribution in [0.5, 0.6) is 5.75 Å². The molecule has 0 aliphatic heterocycles. The Kier molecular flexibility index (Phi) is 6.91. The predicted octanol–water partition coefficient (Wildman–Crippen LogP) is 3.76. The van der Waals surface area contributed by atoms with Gasteiger partial charge >= 0.3 is 0 Å². The minimum absolute atomic E-state index is 0.0336. The van der Waals surface area contributed by atoms with Gasteiger partial charge in [0, 0.05) is 17.0 Å². The molecule has 1 amide bonds. The van der Waals surface area contributed by atoms with Gasteiger partial charge in [0.2, 0.25) is 0 Å². The Bertz CT molecular complexity index is 714. The van der Waals surface area contributed by atoms with Crippen LogP contribution in [0.1, 0.15) is 27.5 Å². The molecule has 2 rings (SSSR count). The maximum absolute atomic E-state index is 12.6. The predicted molar refractivity (Wildman–Crippen MR) is 105 cm³/mol. The zero-order valence-corrected chi connectivity index (χ0v) is 16.3. The van der Waals surface area contributed by atoms with Crippen molar-refractivity contribution in [2.24, 2.45) is 0 Å². The molecule has 0 aliphatic rings. The molecule has 1 unspecified atom stereocenters. The van der Waals surface area contributed by atoms with Crippen molar-refractivity contribution in [3.63, 3.8) is 0 Å². The van der Waals surface area contributed by atoms with Crippen LogP contribution < -0.4 is 10.1 Å². The van der Waals surface area contributed by atoms with E-state index in [-0.39, 0.29) is 11.9 Å². The van der Waals surface area contributed by atoms with E-state index in [1.807, 2.05) is 69.7 Å². The molecule has 0 aromatic heterocycles. The average molecular weight is 359 g/mol. The summed E-state index contributed by atoms with van der Waals surface area (Å²) in [5, 5.41) is 3.08. The zero-order chi connectivity index (χ0) is 18.4. The first-order valence-electron chi connectivity index (χ1n) is 8.19. The topological polar surface area (TPSA) is 41.6 Å². The van der Waals surface area contributed by atoms with E-state index in [2.05, 4.69) is 10.2 Å². The third-order valence-electron chi connectivity index (χ3n) is 4.27. The van der Waals surface area contributed by atoms with Crippen LogP contribution in [0.2, 0.25) is 0 Å². The van der Waals surface area contributed by atoms with Crippen LogP contribution in [-0.4, -0.2) is 44.8 Å². The molecule has 134 valence electrons. The Labute approximate surface area is 154 Å². The van der Waals surface area contributed by atoms with Crippen LogP contribution in [0.15, 0.2) is 47.4 Å². The highest BCUT2D eigenvalue weighted by molar-refractivity contribution is 7.98. The third-order valence-corrected chi connectivity index (χ3v) is 4.99. The number of amides is 1. The smallest absolute Gasteiger partial charge is 0.251 e. The molecular formula is C20H26N2O2S. The normalized spacial score (nSPS) is 12.1. The second-order valence-electron chi connectivity index (χ2n) is 6.14. The number of carbonyl (C=O) groups is 1. The van der Waals surface area contributed by atoms with Gasteiger partial charge in [0.05, 0.1) is 13.2 Å². The lowest BCUT2D eigenvalue weighted by Crippen LogP contribution is -2.34. The first-order chi connectivity index (χ1) is 12.0. The van der Waals surface area contributed by atoms with E-state index >= 15 is 0 Å². The van der Waals surface area contributed by atoms with Crippen LogP contribution in [0.3, 0.4) is 0 Å². The fourth-order valence-corrected chi connectivity index (χ4v) is 3.12. The molecule has 2 aromatic rings. The number of benzene rings is 2. The number of likely N-dealkylation sites (N-methyl/N-ethyl adjacent to an activating group) is 1. The van der Waals surface area contributed by atoms with Gasteiger partial charge in [0.15, 0.2) is 0 Å². The molecule has 4 nitrogen and oxygen atoms in total. The lowest BCUT2D eigenvalue weighted by Gasteiger charge is -2.25. The van der Waals surface area contributed by atoms with E-state index in [0.29, 0.717) is 6.54 Å². The Morgan fingerprint density at radius 3 is 2.44 bits per heavy atom. The molecule has 25 heavy (non-hydrogen) atoms. The van der Waals surface area contributed by atoms with Crippen LogP contribution in [0, 0.1) is 6.92 Å². The number of nitrogens with one attached hydrogen (secondary N) is 1. The minimum atomic E-state index is -0.0336. The fraction of sp³-hybridized carbons (Fsp3) is 0.350. The highest BCUT2D eigenvalue weighted by atomic mass is 32.2. The van der Waals surface area contributed by atoms with E-state index in [9.17, 15) is 4.79 Å². The van der Waals surface area contributed by atoms with Gasteiger partial charge in [0.25, 0.3) is 5.91 Å². The molecule has 0 fully saturated rings. The van der Waals surface area contributed by atoms with Crippen molar-refractivity contribution in [1.82, 2.24) is 10.2 Å². The standard InChI is InChI=1S/C20H26N2O2S/c1-14-6-11-17(25-5)12-18(14)20(23)21-13-19(22(2)3)15-7-9-16(24-4)10-8-15/h6-12,19H,13H2,1-5H3,(H,21,23). The van der Waals surface area contributed by atoms with Gasteiger partial charge in [-0.3, -0.25) is 4.79 Å². The van der Waals surface area contributed by atoms with Crippen molar-refractivity contribution in [3.05, 3.63) is 59.2 Å². The van der Waals surface area contributed by atoms with Gasteiger partial charge in [-0.1, -0.05) is 18.2 Å². The van der Waals surface area contributed by atoms with Gasteiger partial charge in [-0.25, -0.2) is 0 Å². The summed E-state index contributed by atoms with van der Waals surface area (Å²) in [5.41, 5.74) is 2.86. The number of rotatable bonds is 7. The summed E-state index contributed by atoms with van der Waals surface area (Å²) in [7, 11) is 5.69. The summed E-state index contributed by atoms with van der Waals surface area (Å²) in [6.45, 7) is 2.51.